The fraction of sp³-hybridized carbons (Fsp3) is 0.278. The number of ether oxygens (including phenoxy) is 2. The average molecular weight is 406 g/mol. The van der Waals surface area contributed by atoms with Crippen LogP contribution in [0, 0.1) is 0 Å². The Hall–Kier alpha value is -2.20. The first-order chi connectivity index (χ1) is 13.0. The van der Waals surface area contributed by atoms with Crippen molar-refractivity contribution in [1.82, 2.24) is 8.26 Å². The van der Waals surface area contributed by atoms with Gasteiger partial charge in [-0.1, -0.05) is 23.7 Å². The normalized spacial score (nSPS) is 15.9. The summed E-state index contributed by atoms with van der Waals surface area (Å²) in [7, 11) is -2.18. The predicted molar refractivity (Wildman–Crippen MR) is 104 cm³/mol. The lowest BCUT2D eigenvalue weighted by Gasteiger charge is -2.26. The first-order valence-corrected chi connectivity index (χ1v) is 10.6. The Bertz CT molecular complexity index is 1140. The van der Waals surface area contributed by atoms with E-state index in [0.29, 0.717) is 43.1 Å². The average Bonchev–Trinajstić information content (AvgIpc) is 3.05. The van der Waals surface area contributed by atoms with E-state index in [4.69, 9.17) is 9.47 Å². The summed E-state index contributed by atoms with van der Waals surface area (Å²) in [6.45, 7) is 1.37. The number of morpholine rings is 1. The van der Waals surface area contributed by atoms with Gasteiger partial charge < -0.3 is 9.47 Å². The van der Waals surface area contributed by atoms with E-state index in [0.717, 1.165) is 4.70 Å². The van der Waals surface area contributed by atoms with Crippen molar-refractivity contribution in [2.24, 2.45) is 0 Å². The van der Waals surface area contributed by atoms with E-state index in [1.165, 1.54) is 39.0 Å². The maximum atomic E-state index is 13.0. The van der Waals surface area contributed by atoms with E-state index in [-0.39, 0.29) is 10.5 Å². The van der Waals surface area contributed by atoms with Crippen molar-refractivity contribution in [1.29, 1.82) is 0 Å². The van der Waals surface area contributed by atoms with Gasteiger partial charge in [0, 0.05) is 13.1 Å². The maximum Gasteiger partial charge on any atom is 0.273 e. The summed E-state index contributed by atoms with van der Waals surface area (Å²) < 4.78 is 40.3. The maximum absolute atomic E-state index is 13.0. The van der Waals surface area contributed by atoms with E-state index in [9.17, 15) is 13.2 Å². The van der Waals surface area contributed by atoms with Crippen LogP contribution in [-0.4, -0.2) is 50.1 Å². The summed E-state index contributed by atoms with van der Waals surface area (Å²) in [6, 6.07) is 11.9. The fourth-order valence-corrected chi connectivity index (χ4v) is 5.50. The van der Waals surface area contributed by atoms with Crippen LogP contribution in [-0.2, 0) is 14.8 Å². The number of rotatable bonds is 4. The minimum absolute atomic E-state index is 0.129. The molecule has 0 atom stereocenters. The lowest BCUT2D eigenvalue weighted by Crippen LogP contribution is -2.40. The zero-order valence-corrected chi connectivity index (χ0v) is 16.3. The van der Waals surface area contributed by atoms with Crippen LogP contribution in [0.5, 0.6) is 5.75 Å². The summed E-state index contributed by atoms with van der Waals surface area (Å²) in [4.78, 5) is 12.9. The van der Waals surface area contributed by atoms with Gasteiger partial charge in [-0.3, -0.25) is 4.79 Å². The lowest BCUT2D eigenvalue weighted by atomic mass is 10.2. The molecule has 0 unspecified atom stereocenters. The van der Waals surface area contributed by atoms with Crippen LogP contribution in [0.3, 0.4) is 0 Å². The molecule has 4 rings (SSSR count). The Labute approximate surface area is 160 Å². The van der Waals surface area contributed by atoms with Gasteiger partial charge in [-0.25, -0.2) is 12.4 Å². The van der Waals surface area contributed by atoms with Gasteiger partial charge in [-0.15, -0.1) is 0 Å². The predicted octanol–water partition coefficient (Wildman–Crippen LogP) is 2.08. The van der Waals surface area contributed by atoms with Gasteiger partial charge in [-0.05, 0) is 30.3 Å². The fourth-order valence-electron chi connectivity index (χ4n) is 3.06. The molecule has 2 aromatic carbocycles. The molecule has 0 amide bonds. The molecule has 142 valence electrons. The van der Waals surface area contributed by atoms with Gasteiger partial charge in [-0.2, -0.15) is 4.31 Å². The number of fused-ring (bicyclic) bond motifs is 1. The first kappa shape index (κ1) is 18.2. The van der Waals surface area contributed by atoms with E-state index in [1.54, 1.807) is 18.2 Å². The molecule has 0 saturated carbocycles. The summed E-state index contributed by atoms with van der Waals surface area (Å²) in [5.41, 5.74) is 0.216. The van der Waals surface area contributed by atoms with Crippen LogP contribution in [0.2, 0.25) is 0 Å². The number of hydrogen-bond donors (Lipinski definition) is 0. The molecule has 0 N–H and O–H groups in total. The zero-order chi connectivity index (χ0) is 19.0. The number of sulfonamides is 1. The van der Waals surface area contributed by atoms with E-state index < -0.39 is 10.0 Å². The summed E-state index contributed by atoms with van der Waals surface area (Å²) in [5, 5.41) is 0.589. The molecule has 1 saturated heterocycles. The van der Waals surface area contributed by atoms with E-state index in [2.05, 4.69) is 0 Å². The molecule has 1 aliphatic rings. The molecule has 0 spiro atoms. The standard InChI is InChI=1S/C18H18N2O5S2/c1-24-16-7-6-13(27(22,23)19-8-10-25-11-9-19)12-15(16)20-18(21)14-4-2-3-5-17(14)26-20/h2-7,12H,8-11H2,1H3. The van der Waals surface area contributed by atoms with E-state index in [1.807, 2.05) is 12.1 Å². The number of nitrogens with zero attached hydrogens (tertiary/aromatic N) is 2. The number of aromatic nitrogens is 1. The molecule has 1 fully saturated rings. The molecular formula is C18H18N2O5S2. The summed E-state index contributed by atoms with van der Waals surface area (Å²) in [6.07, 6.45) is 0. The van der Waals surface area contributed by atoms with Crippen LogP contribution >= 0.6 is 11.5 Å². The Balaban J connectivity index is 1.86. The molecule has 9 heteroatoms. The molecule has 2 heterocycles. The highest BCUT2D eigenvalue weighted by Crippen LogP contribution is 2.30. The van der Waals surface area contributed by atoms with Gasteiger partial charge in [0.25, 0.3) is 5.56 Å². The van der Waals surface area contributed by atoms with Crippen molar-refractivity contribution in [3.63, 3.8) is 0 Å². The van der Waals surface area contributed by atoms with Crippen LogP contribution in [0.25, 0.3) is 15.8 Å². The summed E-state index contributed by atoms with van der Waals surface area (Å²) in [5.74, 6) is 0.435. The first-order valence-electron chi connectivity index (χ1n) is 8.40. The molecule has 1 aliphatic heterocycles. The van der Waals surface area contributed by atoms with Gasteiger partial charge in [0.15, 0.2) is 0 Å². The minimum Gasteiger partial charge on any atom is -0.495 e. The van der Waals surface area contributed by atoms with Crippen molar-refractivity contribution in [3.05, 3.63) is 52.8 Å². The molecule has 0 bridgehead atoms. The molecule has 0 radical (unpaired) electrons. The molecule has 27 heavy (non-hydrogen) atoms. The number of hydrogen-bond acceptors (Lipinski definition) is 6. The van der Waals surface area contributed by atoms with Crippen LogP contribution < -0.4 is 10.3 Å². The second-order valence-electron chi connectivity index (χ2n) is 6.04. The van der Waals surface area contributed by atoms with Crippen molar-refractivity contribution in [2.45, 2.75) is 4.90 Å². The highest BCUT2D eigenvalue weighted by Gasteiger charge is 2.27. The lowest BCUT2D eigenvalue weighted by molar-refractivity contribution is 0.0730. The van der Waals surface area contributed by atoms with E-state index >= 15 is 0 Å². The zero-order valence-electron chi connectivity index (χ0n) is 14.6. The quantitative estimate of drug-likeness (QED) is 0.663. The molecular weight excluding hydrogens is 388 g/mol. The van der Waals surface area contributed by atoms with Crippen LogP contribution in [0.4, 0.5) is 0 Å². The second-order valence-corrected chi connectivity index (χ2v) is 8.96. The Morgan fingerprint density at radius 1 is 1.11 bits per heavy atom. The monoisotopic (exact) mass is 406 g/mol. The summed E-state index contributed by atoms with van der Waals surface area (Å²) >= 11 is 1.26. The topological polar surface area (TPSA) is 77.8 Å². The van der Waals surface area contributed by atoms with Crippen molar-refractivity contribution in [3.8, 4) is 11.4 Å². The Kier molecular flexibility index (Phi) is 4.77. The molecule has 1 aromatic heterocycles. The van der Waals surface area contributed by atoms with Gasteiger partial charge in [0.2, 0.25) is 10.0 Å². The van der Waals surface area contributed by atoms with Crippen molar-refractivity contribution in [2.75, 3.05) is 33.4 Å². The van der Waals surface area contributed by atoms with Gasteiger partial charge in [0.1, 0.15) is 11.4 Å². The number of benzene rings is 2. The van der Waals surface area contributed by atoms with Crippen LogP contribution in [0.15, 0.2) is 52.2 Å². The Morgan fingerprint density at radius 3 is 2.56 bits per heavy atom. The number of methoxy groups -OCH3 is 1. The largest absolute Gasteiger partial charge is 0.495 e. The molecule has 7 nitrogen and oxygen atoms in total. The third-order valence-corrected chi connectivity index (χ3v) is 7.46. The second kappa shape index (κ2) is 7.08. The highest BCUT2D eigenvalue weighted by atomic mass is 32.2. The molecule has 3 aromatic rings. The van der Waals surface area contributed by atoms with Gasteiger partial charge >= 0.3 is 0 Å². The third kappa shape index (κ3) is 3.16. The van der Waals surface area contributed by atoms with Gasteiger partial charge in [0.05, 0.1) is 35.3 Å². The SMILES string of the molecule is COc1ccc(S(=O)(=O)N2CCOCC2)cc1-n1sc2ccccc2c1=O. The highest BCUT2D eigenvalue weighted by molar-refractivity contribution is 7.89. The van der Waals surface area contributed by atoms with Crippen molar-refractivity contribution < 1.29 is 17.9 Å². The van der Waals surface area contributed by atoms with Crippen molar-refractivity contribution >= 4 is 31.6 Å². The minimum atomic E-state index is -3.67. The molecule has 0 aliphatic carbocycles. The van der Waals surface area contributed by atoms with Crippen LogP contribution in [0.1, 0.15) is 0 Å². The smallest absolute Gasteiger partial charge is 0.273 e. The third-order valence-electron chi connectivity index (χ3n) is 4.47. The Morgan fingerprint density at radius 2 is 1.85 bits per heavy atom.